The van der Waals surface area contributed by atoms with Gasteiger partial charge < -0.3 is 35.9 Å². The third kappa shape index (κ3) is 8.32. The maximum atomic E-state index is 14.1. The maximum absolute atomic E-state index is 14.1. The van der Waals surface area contributed by atoms with Crippen molar-refractivity contribution in [2.24, 2.45) is 5.73 Å². The number of nitrogens with two attached hydrogens (primary N) is 1. The molecule has 5 rings (SSSR count). The quantitative estimate of drug-likeness (QED) is 0.119. The number of benzene rings is 4. The molecule has 268 valence electrons. The predicted molar refractivity (Wildman–Crippen MR) is 198 cm³/mol. The fourth-order valence-electron chi connectivity index (χ4n) is 6.82. The lowest BCUT2D eigenvalue weighted by atomic mass is 9.87. The average Bonchev–Trinajstić information content (AvgIpc) is 3.13. The summed E-state index contributed by atoms with van der Waals surface area (Å²) in [6.07, 6.45) is 5.89. The van der Waals surface area contributed by atoms with Crippen LogP contribution < -0.4 is 31.2 Å². The molecule has 5 N–H and O–H groups in total. The van der Waals surface area contributed by atoms with Gasteiger partial charge in [-0.3, -0.25) is 14.4 Å². The van der Waals surface area contributed by atoms with Crippen LogP contribution in [0.5, 0.6) is 11.5 Å². The van der Waals surface area contributed by atoms with Gasteiger partial charge in [0, 0.05) is 24.5 Å². The second-order valence-corrected chi connectivity index (χ2v) is 12.6. The maximum Gasteiger partial charge on any atom is 0.328 e. The standard InChI is InChI=1S/C40H46N4O7/c1-24(45)42-33-23-28-22-26-14-6-9-17-30(26)35(37(28)50-3)34-29-16-8-5-13-25(29)21-27(36(34)49-2)15-7-10-19-32(40(48)51-4)44-38(46)31(43-39(33)47)18-11-12-20-41/h5-10,13-14,16-17,21-22,31-33H,11-12,15,18-20,23,41H2,1-4H3,(H,42,45)(H,43,47)(H,44,46)/b10-7-. The molecule has 11 heteroatoms. The predicted octanol–water partition coefficient (Wildman–Crippen LogP) is 4.50. The van der Waals surface area contributed by atoms with Gasteiger partial charge >= 0.3 is 5.97 Å². The second kappa shape index (κ2) is 17.0. The zero-order chi connectivity index (χ0) is 36.5. The first-order chi connectivity index (χ1) is 24.7. The summed E-state index contributed by atoms with van der Waals surface area (Å²) >= 11 is 0. The highest BCUT2D eigenvalue weighted by Crippen LogP contribution is 2.48. The lowest BCUT2D eigenvalue weighted by Gasteiger charge is -2.26. The first-order valence-corrected chi connectivity index (χ1v) is 17.2. The summed E-state index contributed by atoms with van der Waals surface area (Å²) in [7, 11) is 4.49. The normalized spacial score (nSPS) is 18.9. The van der Waals surface area contributed by atoms with Crippen molar-refractivity contribution in [1.29, 1.82) is 0 Å². The minimum atomic E-state index is -1.07. The van der Waals surface area contributed by atoms with Gasteiger partial charge in [-0.1, -0.05) is 60.7 Å². The number of unbranched alkanes of at least 4 members (excludes halogenated alkanes) is 1. The molecule has 0 aliphatic carbocycles. The van der Waals surface area contributed by atoms with Crippen molar-refractivity contribution in [1.82, 2.24) is 16.0 Å². The van der Waals surface area contributed by atoms with Gasteiger partial charge in [0.25, 0.3) is 0 Å². The molecule has 1 heterocycles. The number of hydrogen-bond donors (Lipinski definition) is 4. The van der Waals surface area contributed by atoms with E-state index < -0.39 is 41.8 Å². The Morgan fingerprint density at radius 1 is 0.824 bits per heavy atom. The molecule has 51 heavy (non-hydrogen) atoms. The Hall–Kier alpha value is -5.42. The number of fused-ring (bicyclic) bond motifs is 9. The van der Waals surface area contributed by atoms with Crippen LogP contribution in [0, 0.1) is 0 Å². The van der Waals surface area contributed by atoms with Crippen molar-refractivity contribution in [3.05, 3.63) is 83.9 Å². The summed E-state index contributed by atoms with van der Waals surface area (Å²) in [5.74, 6) is -0.955. The van der Waals surface area contributed by atoms with Gasteiger partial charge in [0.05, 0.1) is 21.3 Å². The van der Waals surface area contributed by atoms with Crippen LogP contribution in [-0.4, -0.2) is 69.7 Å². The van der Waals surface area contributed by atoms with Gasteiger partial charge in [0.2, 0.25) is 17.7 Å². The van der Waals surface area contributed by atoms with Gasteiger partial charge in [-0.15, -0.1) is 0 Å². The molecule has 0 radical (unpaired) electrons. The highest BCUT2D eigenvalue weighted by Gasteiger charge is 2.31. The highest BCUT2D eigenvalue weighted by molar-refractivity contribution is 6.11. The molecule has 4 bridgehead atoms. The Balaban J connectivity index is 1.78. The highest BCUT2D eigenvalue weighted by atomic mass is 16.5. The molecule has 4 aromatic rings. The molecule has 0 saturated carbocycles. The molecule has 1 aliphatic rings. The largest absolute Gasteiger partial charge is 0.496 e. The van der Waals surface area contributed by atoms with E-state index in [1.165, 1.54) is 14.0 Å². The van der Waals surface area contributed by atoms with E-state index in [-0.39, 0.29) is 19.3 Å². The van der Waals surface area contributed by atoms with E-state index in [0.29, 0.717) is 42.9 Å². The van der Waals surface area contributed by atoms with Crippen molar-refractivity contribution in [2.45, 2.75) is 63.6 Å². The van der Waals surface area contributed by atoms with Crippen molar-refractivity contribution in [3.8, 4) is 22.6 Å². The van der Waals surface area contributed by atoms with Gasteiger partial charge in [0.1, 0.15) is 29.6 Å². The van der Waals surface area contributed by atoms with Crippen LogP contribution in [0.25, 0.3) is 32.7 Å². The van der Waals surface area contributed by atoms with Crippen LogP contribution in [0.3, 0.4) is 0 Å². The van der Waals surface area contributed by atoms with E-state index in [2.05, 4.69) is 22.0 Å². The van der Waals surface area contributed by atoms with E-state index in [1.54, 1.807) is 14.2 Å². The van der Waals surface area contributed by atoms with Crippen molar-refractivity contribution in [2.75, 3.05) is 27.9 Å². The van der Waals surface area contributed by atoms with Gasteiger partial charge in [-0.2, -0.15) is 0 Å². The number of allylic oxidation sites excluding steroid dienone is 1. The average molecular weight is 695 g/mol. The number of rotatable bonds is 8. The van der Waals surface area contributed by atoms with Crippen LogP contribution in [0.15, 0.2) is 72.8 Å². The van der Waals surface area contributed by atoms with E-state index in [4.69, 9.17) is 19.9 Å². The van der Waals surface area contributed by atoms with Crippen LogP contribution in [0.1, 0.15) is 43.7 Å². The monoisotopic (exact) mass is 694 g/mol. The van der Waals surface area contributed by atoms with Crippen LogP contribution in [-0.2, 0) is 36.8 Å². The summed E-state index contributed by atoms with van der Waals surface area (Å²) in [5.41, 5.74) is 8.92. The fraction of sp³-hybridized carbons (Fsp3) is 0.350. The first-order valence-electron chi connectivity index (χ1n) is 17.2. The molecular weight excluding hydrogens is 648 g/mol. The summed E-state index contributed by atoms with van der Waals surface area (Å²) < 4.78 is 17.4. The van der Waals surface area contributed by atoms with E-state index in [9.17, 15) is 19.2 Å². The zero-order valence-electron chi connectivity index (χ0n) is 29.5. The van der Waals surface area contributed by atoms with Crippen LogP contribution in [0.2, 0.25) is 0 Å². The third-order valence-electron chi connectivity index (χ3n) is 9.19. The van der Waals surface area contributed by atoms with E-state index >= 15 is 0 Å². The Kier molecular flexibility index (Phi) is 12.3. The van der Waals surface area contributed by atoms with Crippen LogP contribution in [0.4, 0.5) is 0 Å². The molecule has 0 spiro atoms. The van der Waals surface area contributed by atoms with Crippen LogP contribution >= 0.6 is 0 Å². The topological polar surface area (TPSA) is 158 Å². The molecule has 1 aliphatic heterocycles. The summed E-state index contributed by atoms with van der Waals surface area (Å²) in [5, 5.41) is 12.2. The van der Waals surface area contributed by atoms with Crippen molar-refractivity contribution in [3.63, 3.8) is 0 Å². The third-order valence-corrected chi connectivity index (χ3v) is 9.19. The number of ether oxygens (including phenoxy) is 3. The van der Waals surface area contributed by atoms with E-state index in [1.807, 2.05) is 66.7 Å². The number of nitrogens with one attached hydrogen (secondary N) is 3. The molecular formula is C40H46N4O7. The SMILES string of the molecule is COC(=O)C1C/C=C\Cc2cc3ccccc3c(c2OC)-c2c(OC)c(cc3ccccc23)CC(NC(C)=O)C(=O)NC(CCCCN)C(=O)N1. The van der Waals surface area contributed by atoms with E-state index in [0.717, 1.165) is 38.2 Å². The smallest absolute Gasteiger partial charge is 0.328 e. The Bertz CT molecular complexity index is 1960. The molecule has 11 nitrogen and oxygen atoms in total. The number of esters is 1. The molecule has 3 amide bonds. The molecule has 4 aromatic carbocycles. The number of methoxy groups -OCH3 is 3. The Labute approximate surface area is 297 Å². The fourth-order valence-corrected chi connectivity index (χ4v) is 6.82. The van der Waals surface area contributed by atoms with Gasteiger partial charge in [0.15, 0.2) is 0 Å². The molecule has 3 unspecified atom stereocenters. The summed E-state index contributed by atoms with van der Waals surface area (Å²) in [6, 6.07) is 17.0. The molecule has 0 saturated heterocycles. The zero-order valence-corrected chi connectivity index (χ0v) is 29.5. The number of hydrogen-bond acceptors (Lipinski definition) is 8. The van der Waals surface area contributed by atoms with Crippen molar-refractivity contribution >= 4 is 45.2 Å². The molecule has 0 aromatic heterocycles. The number of carbonyl (C=O) groups excluding carboxylic acids is 4. The minimum absolute atomic E-state index is 0.0526. The minimum Gasteiger partial charge on any atom is -0.496 e. The summed E-state index contributed by atoms with van der Waals surface area (Å²) in [6.45, 7) is 1.75. The molecule has 0 fully saturated rings. The molecule has 3 atom stereocenters. The van der Waals surface area contributed by atoms with Crippen molar-refractivity contribution < 1.29 is 33.4 Å². The number of carbonyl (C=O) groups is 4. The summed E-state index contributed by atoms with van der Waals surface area (Å²) in [4.78, 5) is 53.2. The Morgan fingerprint density at radius 2 is 1.43 bits per heavy atom. The lowest BCUT2D eigenvalue weighted by molar-refractivity contribution is -0.145. The van der Waals surface area contributed by atoms with Gasteiger partial charge in [-0.25, -0.2) is 4.79 Å². The number of amides is 3. The second-order valence-electron chi connectivity index (χ2n) is 12.6. The first kappa shape index (κ1) is 36.9. The Morgan fingerprint density at radius 3 is 2.02 bits per heavy atom. The van der Waals surface area contributed by atoms with Gasteiger partial charge in [-0.05, 0) is 83.5 Å². The lowest BCUT2D eigenvalue weighted by Crippen LogP contribution is -2.56.